The maximum absolute atomic E-state index is 13.8. The number of methoxy groups -OCH3 is 1. The minimum absolute atomic E-state index is 0.185. The first-order chi connectivity index (χ1) is 18.8. The average Bonchev–Trinajstić information content (AvgIpc) is 3.21. The van der Waals surface area contributed by atoms with Gasteiger partial charge in [-0.05, 0) is 62.2 Å². The molecule has 11 heteroatoms. The van der Waals surface area contributed by atoms with Crippen LogP contribution < -0.4 is 29.1 Å². The summed E-state index contributed by atoms with van der Waals surface area (Å²) in [5.74, 6) is -0.374. The Bertz CT molecular complexity index is 1600. The van der Waals surface area contributed by atoms with Gasteiger partial charge in [0.15, 0.2) is 22.9 Å². The van der Waals surface area contributed by atoms with Crippen molar-refractivity contribution < 1.29 is 33.6 Å². The average molecular weight is 553 g/mol. The molecule has 3 aromatic rings. The monoisotopic (exact) mass is 552 g/mol. The normalized spacial score (nSPS) is 14.9. The van der Waals surface area contributed by atoms with Crippen LogP contribution in [0.2, 0.25) is 0 Å². The number of fused-ring (bicyclic) bond motifs is 1. The number of nitrogens with zero attached hydrogens (tertiary/aromatic N) is 2. The summed E-state index contributed by atoms with van der Waals surface area (Å²) >= 11 is 1.20. The number of hydrogen-bond donors (Lipinski definition) is 1. The van der Waals surface area contributed by atoms with Gasteiger partial charge in [0, 0.05) is 0 Å². The Morgan fingerprint density at radius 2 is 1.82 bits per heavy atom. The number of ether oxygens (including phenoxy) is 4. The lowest BCUT2D eigenvalue weighted by Gasteiger charge is -2.24. The van der Waals surface area contributed by atoms with Gasteiger partial charge in [0.2, 0.25) is 0 Å². The summed E-state index contributed by atoms with van der Waals surface area (Å²) < 4.78 is 23.4. The van der Waals surface area contributed by atoms with Gasteiger partial charge in [-0.1, -0.05) is 29.5 Å². The van der Waals surface area contributed by atoms with Gasteiger partial charge in [-0.15, -0.1) is 0 Å². The number of benzene rings is 2. The zero-order valence-corrected chi connectivity index (χ0v) is 22.7. The van der Waals surface area contributed by atoms with Crippen molar-refractivity contribution in [2.45, 2.75) is 26.8 Å². The summed E-state index contributed by atoms with van der Waals surface area (Å²) in [5, 5.41) is 8.89. The molecule has 0 radical (unpaired) electrons. The molecule has 0 fully saturated rings. The number of aliphatic carboxylic acids is 1. The number of thiazole rings is 1. The van der Waals surface area contributed by atoms with Crippen molar-refractivity contribution in [2.75, 3.05) is 26.9 Å². The van der Waals surface area contributed by atoms with Crippen molar-refractivity contribution in [3.63, 3.8) is 0 Å². The largest absolute Gasteiger partial charge is 0.494 e. The van der Waals surface area contributed by atoms with Crippen LogP contribution in [-0.4, -0.2) is 48.5 Å². The van der Waals surface area contributed by atoms with Crippen LogP contribution in [0.3, 0.4) is 0 Å². The highest BCUT2D eigenvalue weighted by atomic mass is 32.1. The third-order valence-electron chi connectivity index (χ3n) is 5.86. The van der Waals surface area contributed by atoms with E-state index in [1.807, 2.05) is 19.1 Å². The molecule has 39 heavy (non-hydrogen) atoms. The van der Waals surface area contributed by atoms with E-state index in [1.165, 1.54) is 23.0 Å². The van der Waals surface area contributed by atoms with Crippen LogP contribution in [0.15, 0.2) is 63.5 Å². The molecule has 0 saturated carbocycles. The number of aromatic nitrogens is 1. The summed E-state index contributed by atoms with van der Waals surface area (Å²) in [6.45, 7) is 5.53. The van der Waals surface area contributed by atoms with Crippen LogP contribution in [0.25, 0.3) is 6.08 Å². The van der Waals surface area contributed by atoms with Crippen molar-refractivity contribution in [2.24, 2.45) is 4.99 Å². The molecule has 2 aromatic carbocycles. The van der Waals surface area contributed by atoms with Crippen LogP contribution in [0.1, 0.15) is 37.9 Å². The van der Waals surface area contributed by atoms with Crippen molar-refractivity contribution >= 4 is 29.4 Å². The molecule has 1 atom stereocenters. The number of esters is 1. The first kappa shape index (κ1) is 27.6. The standard InChI is InChI=1S/C28H28N2O8S/c1-5-36-19-10-8-18(9-11-19)25-24(27(34)37-6-2)16(3)29-28-30(25)26(33)22(39-28)14-17-7-12-20(21(13-17)35-4)38-15-23(31)32/h7-14,25H,5-6,15H2,1-4H3,(H,31,32)/b22-14-/t25-/m1/s1. The van der Waals surface area contributed by atoms with E-state index in [2.05, 4.69) is 4.99 Å². The molecular formula is C28H28N2O8S. The molecule has 0 amide bonds. The lowest BCUT2D eigenvalue weighted by molar-refractivity contribution is -0.140. The highest BCUT2D eigenvalue weighted by Gasteiger charge is 2.33. The minimum atomic E-state index is -1.11. The van der Waals surface area contributed by atoms with Crippen LogP contribution in [-0.2, 0) is 14.3 Å². The van der Waals surface area contributed by atoms with Crippen molar-refractivity contribution in [1.29, 1.82) is 0 Å². The summed E-state index contributed by atoms with van der Waals surface area (Å²) in [6.07, 6.45) is 1.69. The van der Waals surface area contributed by atoms with Crippen LogP contribution in [0.4, 0.5) is 0 Å². The molecule has 4 rings (SSSR count). The molecular weight excluding hydrogens is 524 g/mol. The van der Waals surface area contributed by atoms with Crippen LogP contribution in [0, 0.1) is 0 Å². The third-order valence-corrected chi connectivity index (χ3v) is 6.84. The number of hydrogen-bond acceptors (Lipinski definition) is 9. The van der Waals surface area contributed by atoms with E-state index in [4.69, 9.17) is 24.1 Å². The number of allylic oxidation sites excluding steroid dienone is 1. The maximum atomic E-state index is 13.8. The fourth-order valence-electron chi connectivity index (χ4n) is 4.20. The predicted molar refractivity (Wildman–Crippen MR) is 144 cm³/mol. The van der Waals surface area contributed by atoms with E-state index in [0.717, 1.165) is 0 Å². The molecule has 1 aliphatic rings. The van der Waals surface area contributed by atoms with Gasteiger partial charge in [0.1, 0.15) is 5.75 Å². The first-order valence-corrected chi connectivity index (χ1v) is 13.0. The highest BCUT2D eigenvalue weighted by molar-refractivity contribution is 7.07. The minimum Gasteiger partial charge on any atom is -0.494 e. The summed E-state index contributed by atoms with van der Waals surface area (Å²) in [6, 6.07) is 11.4. The Morgan fingerprint density at radius 1 is 1.08 bits per heavy atom. The quantitative estimate of drug-likeness (QED) is 0.381. The number of rotatable bonds is 10. The summed E-state index contributed by atoms with van der Waals surface area (Å²) in [4.78, 5) is 42.7. The predicted octanol–water partition coefficient (Wildman–Crippen LogP) is 2.67. The van der Waals surface area contributed by atoms with Crippen molar-refractivity contribution in [3.05, 3.63) is 84.5 Å². The number of carboxylic acids is 1. The van der Waals surface area contributed by atoms with Gasteiger partial charge in [-0.2, -0.15) is 0 Å². The highest BCUT2D eigenvalue weighted by Crippen LogP contribution is 2.32. The molecule has 2 heterocycles. The topological polar surface area (TPSA) is 126 Å². The van der Waals surface area contributed by atoms with E-state index in [9.17, 15) is 14.4 Å². The molecule has 0 aliphatic carbocycles. The molecule has 0 spiro atoms. The first-order valence-electron chi connectivity index (χ1n) is 12.2. The second kappa shape index (κ2) is 12.0. The lowest BCUT2D eigenvalue weighted by atomic mass is 9.96. The summed E-state index contributed by atoms with van der Waals surface area (Å²) in [5.41, 5.74) is 1.80. The fourth-order valence-corrected chi connectivity index (χ4v) is 5.25. The Morgan fingerprint density at radius 3 is 2.46 bits per heavy atom. The molecule has 0 saturated heterocycles. The molecule has 1 aliphatic heterocycles. The number of carboxylic acid groups (broad SMARTS) is 1. The second-order valence-electron chi connectivity index (χ2n) is 8.40. The molecule has 1 aromatic heterocycles. The van der Waals surface area contributed by atoms with Gasteiger partial charge in [-0.25, -0.2) is 14.6 Å². The van der Waals surface area contributed by atoms with Gasteiger partial charge in [-0.3, -0.25) is 9.36 Å². The smallest absolute Gasteiger partial charge is 0.341 e. The van der Waals surface area contributed by atoms with E-state index >= 15 is 0 Å². The Kier molecular flexibility index (Phi) is 8.50. The van der Waals surface area contributed by atoms with Crippen LogP contribution in [0.5, 0.6) is 17.2 Å². The van der Waals surface area contributed by atoms with Gasteiger partial charge in [0.05, 0.1) is 42.2 Å². The van der Waals surface area contributed by atoms with Crippen molar-refractivity contribution in [3.8, 4) is 17.2 Å². The zero-order valence-electron chi connectivity index (χ0n) is 21.9. The second-order valence-corrected chi connectivity index (χ2v) is 9.41. The van der Waals surface area contributed by atoms with E-state index < -0.39 is 24.6 Å². The lowest BCUT2D eigenvalue weighted by Crippen LogP contribution is -2.39. The van der Waals surface area contributed by atoms with Crippen molar-refractivity contribution in [1.82, 2.24) is 4.57 Å². The van der Waals surface area contributed by atoms with E-state index in [0.29, 0.717) is 49.8 Å². The molecule has 204 valence electrons. The zero-order chi connectivity index (χ0) is 28.1. The molecule has 0 unspecified atom stereocenters. The SMILES string of the molecule is CCOC(=O)C1=C(C)N=c2s/c(=C\c3ccc(OCC(=O)O)c(OC)c3)c(=O)n2[C@@H]1c1ccc(OCC)cc1. The Hall–Kier alpha value is -4.38. The van der Waals surface area contributed by atoms with E-state index in [-0.39, 0.29) is 17.9 Å². The maximum Gasteiger partial charge on any atom is 0.341 e. The third kappa shape index (κ3) is 5.88. The summed E-state index contributed by atoms with van der Waals surface area (Å²) in [7, 11) is 1.44. The Labute approximate surface area is 228 Å². The van der Waals surface area contributed by atoms with Gasteiger partial charge >= 0.3 is 11.9 Å². The molecule has 0 bridgehead atoms. The fraction of sp³-hybridized carbons (Fsp3) is 0.286. The Balaban J connectivity index is 1.83. The van der Waals surface area contributed by atoms with E-state index in [1.54, 1.807) is 50.3 Å². The van der Waals surface area contributed by atoms with Crippen LogP contribution >= 0.6 is 11.3 Å². The van der Waals surface area contributed by atoms with Gasteiger partial charge < -0.3 is 24.1 Å². The molecule has 1 N–H and O–H groups in total. The number of carbonyl (C=O) groups excluding carboxylic acids is 1. The molecule has 10 nitrogen and oxygen atoms in total. The number of carbonyl (C=O) groups is 2. The van der Waals surface area contributed by atoms with Gasteiger partial charge in [0.25, 0.3) is 5.56 Å².